The van der Waals surface area contributed by atoms with Crippen molar-refractivity contribution in [3.8, 4) is 5.75 Å². The lowest BCUT2D eigenvalue weighted by Gasteiger charge is -2.02. The van der Waals surface area contributed by atoms with E-state index in [-0.39, 0.29) is 5.75 Å². The van der Waals surface area contributed by atoms with Gasteiger partial charge in [0.05, 0.1) is 9.78 Å². The van der Waals surface area contributed by atoms with Crippen LogP contribution in [0.2, 0.25) is 0 Å². The number of benzene rings is 1. The molecule has 0 unspecified atom stereocenters. The minimum absolute atomic E-state index is 0.215. The van der Waals surface area contributed by atoms with Gasteiger partial charge in [0.1, 0.15) is 11.6 Å². The Morgan fingerprint density at radius 1 is 1.50 bits per heavy atom. The number of H-pyrrole nitrogens is 1. The number of aromatic hydroxyl groups is 1. The van der Waals surface area contributed by atoms with E-state index in [1.807, 2.05) is 12.1 Å². The molecule has 2 aromatic rings. The van der Waals surface area contributed by atoms with Gasteiger partial charge >= 0.3 is 0 Å². The van der Waals surface area contributed by atoms with Crippen LogP contribution in [0.4, 0.5) is 0 Å². The van der Waals surface area contributed by atoms with Crippen molar-refractivity contribution in [3.63, 3.8) is 0 Å². The summed E-state index contributed by atoms with van der Waals surface area (Å²) in [6.45, 7) is 1.79. The summed E-state index contributed by atoms with van der Waals surface area (Å²) < 4.78 is 3.74. The number of hydrogen-bond acceptors (Lipinski definition) is 4. The van der Waals surface area contributed by atoms with Gasteiger partial charge < -0.3 is 5.11 Å². The first-order valence-corrected chi connectivity index (χ1v) is 7.42. The fourth-order valence-corrected chi connectivity index (χ4v) is 3.43. The summed E-state index contributed by atoms with van der Waals surface area (Å²) in [4.78, 5) is 0. The normalized spacial score (nSPS) is 11.3. The number of aromatic amines is 1. The van der Waals surface area contributed by atoms with E-state index in [9.17, 15) is 5.11 Å². The third-order valence-electron chi connectivity index (χ3n) is 2.18. The first kappa shape index (κ1) is 13.9. The second-order valence-electron chi connectivity index (χ2n) is 3.46. The molecule has 0 saturated carbocycles. The molecule has 0 spiro atoms. The van der Waals surface area contributed by atoms with Crippen molar-refractivity contribution < 1.29 is 5.11 Å². The maximum atomic E-state index is 9.93. The maximum absolute atomic E-state index is 9.93. The van der Waals surface area contributed by atoms with E-state index in [0.29, 0.717) is 16.2 Å². The van der Waals surface area contributed by atoms with Gasteiger partial charge in [-0.1, -0.05) is 0 Å². The monoisotopic (exact) mass is 486 g/mol. The molecule has 0 radical (unpaired) electrons. The summed E-state index contributed by atoms with van der Waals surface area (Å²) in [6, 6.07) is 3.74. The first-order valence-electron chi connectivity index (χ1n) is 4.85. The average Bonchev–Trinajstić information content (AvgIpc) is 2.62. The Morgan fingerprint density at radius 2 is 2.22 bits per heavy atom. The molecule has 2 rings (SSSR count). The Balaban J connectivity index is 2.44. The van der Waals surface area contributed by atoms with E-state index in [2.05, 4.69) is 60.5 Å². The Kier molecular flexibility index (Phi) is 4.37. The lowest BCUT2D eigenvalue weighted by atomic mass is 10.2. The van der Waals surface area contributed by atoms with Gasteiger partial charge in [0.2, 0.25) is 4.77 Å². The first-order chi connectivity index (χ1) is 8.49. The van der Waals surface area contributed by atoms with Crippen molar-refractivity contribution in [2.45, 2.75) is 6.92 Å². The number of phenols is 1. The summed E-state index contributed by atoms with van der Waals surface area (Å²) in [5.41, 5.74) is 0.647. The average molecular weight is 486 g/mol. The van der Waals surface area contributed by atoms with Gasteiger partial charge in [-0.25, -0.2) is 0 Å². The summed E-state index contributed by atoms with van der Waals surface area (Å²) in [5, 5.41) is 20.7. The number of aryl methyl sites for hydroxylation is 1. The van der Waals surface area contributed by atoms with Crippen LogP contribution in [0.3, 0.4) is 0 Å². The van der Waals surface area contributed by atoms with Crippen LogP contribution < -0.4 is 0 Å². The minimum atomic E-state index is 0.215. The zero-order chi connectivity index (χ0) is 13.3. The highest BCUT2D eigenvalue weighted by molar-refractivity contribution is 14.1. The highest BCUT2D eigenvalue weighted by atomic mass is 127. The van der Waals surface area contributed by atoms with Gasteiger partial charge in [0.25, 0.3) is 0 Å². The Hall–Kier alpha value is -0.490. The van der Waals surface area contributed by atoms with Gasteiger partial charge in [0, 0.05) is 9.13 Å². The molecule has 1 aromatic heterocycles. The summed E-state index contributed by atoms with van der Waals surface area (Å²) in [5.74, 6) is 0.878. The van der Waals surface area contributed by atoms with Gasteiger partial charge in [-0.2, -0.15) is 14.9 Å². The minimum Gasteiger partial charge on any atom is -0.506 e. The van der Waals surface area contributed by atoms with E-state index >= 15 is 0 Å². The number of halogens is 2. The third-order valence-corrected chi connectivity index (χ3v) is 3.89. The molecule has 18 heavy (non-hydrogen) atoms. The quantitative estimate of drug-likeness (QED) is 0.390. The lowest BCUT2D eigenvalue weighted by molar-refractivity contribution is 0.470. The van der Waals surface area contributed by atoms with Crippen LogP contribution in [0, 0.1) is 18.8 Å². The summed E-state index contributed by atoms with van der Waals surface area (Å²) in [7, 11) is 0. The van der Waals surface area contributed by atoms with Gasteiger partial charge in [-0.3, -0.25) is 5.10 Å². The molecule has 0 amide bonds. The number of nitrogens with zero attached hydrogens (tertiary/aromatic N) is 3. The predicted molar refractivity (Wildman–Crippen MR) is 88.7 cm³/mol. The SMILES string of the molecule is Cc1n[nH]c(=S)n1/N=C\c1cc(I)cc(I)c1O. The molecule has 0 aliphatic heterocycles. The summed E-state index contributed by atoms with van der Waals surface area (Å²) in [6.07, 6.45) is 1.57. The van der Waals surface area contributed by atoms with Gasteiger partial charge in [-0.15, -0.1) is 0 Å². The van der Waals surface area contributed by atoms with Crippen molar-refractivity contribution in [1.82, 2.24) is 14.9 Å². The molecule has 1 aromatic carbocycles. The number of phenolic OH excluding ortho intramolecular Hbond substituents is 1. The maximum Gasteiger partial charge on any atom is 0.216 e. The van der Waals surface area contributed by atoms with Crippen LogP contribution in [0.1, 0.15) is 11.4 Å². The zero-order valence-corrected chi connectivity index (χ0v) is 14.3. The fraction of sp³-hybridized carbons (Fsp3) is 0.100. The van der Waals surface area contributed by atoms with Gasteiger partial charge in [0.15, 0.2) is 0 Å². The van der Waals surface area contributed by atoms with Crippen molar-refractivity contribution in [1.29, 1.82) is 0 Å². The van der Waals surface area contributed by atoms with E-state index in [0.717, 1.165) is 7.14 Å². The van der Waals surface area contributed by atoms with Gasteiger partial charge in [-0.05, 0) is 76.5 Å². The van der Waals surface area contributed by atoms with Crippen molar-refractivity contribution in [3.05, 3.63) is 35.4 Å². The third kappa shape index (κ3) is 2.91. The molecule has 0 atom stereocenters. The standard InChI is InChI=1S/C10H8I2N4OS/c1-5-14-15-10(18)16(5)13-4-6-2-7(11)3-8(12)9(6)17/h2-4,17H,1H3,(H,15,18)/b13-4-. The predicted octanol–water partition coefficient (Wildman–Crippen LogP) is 3.05. The Morgan fingerprint density at radius 3 is 2.83 bits per heavy atom. The molecule has 8 heteroatoms. The van der Waals surface area contributed by atoms with Crippen LogP contribution in [-0.2, 0) is 0 Å². The molecule has 0 aliphatic carbocycles. The highest BCUT2D eigenvalue weighted by Crippen LogP contribution is 2.25. The molecule has 5 nitrogen and oxygen atoms in total. The molecular formula is C10H8I2N4OS. The van der Waals surface area contributed by atoms with E-state index in [1.165, 1.54) is 4.68 Å². The lowest BCUT2D eigenvalue weighted by Crippen LogP contribution is -1.95. The number of rotatable bonds is 2. The molecule has 0 fully saturated rings. The van der Waals surface area contributed by atoms with Crippen LogP contribution in [-0.4, -0.2) is 26.2 Å². The second kappa shape index (κ2) is 5.65. The second-order valence-corrected chi connectivity index (χ2v) is 6.25. The summed E-state index contributed by atoms with van der Waals surface area (Å²) >= 11 is 9.31. The van der Waals surface area contributed by atoms with Crippen LogP contribution in [0.5, 0.6) is 5.75 Å². The van der Waals surface area contributed by atoms with Crippen LogP contribution in [0.15, 0.2) is 17.2 Å². The Bertz CT molecular complexity index is 677. The smallest absolute Gasteiger partial charge is 0.216 e. The van der Waals surface area contributed by atoms with Crippen molar-refractivity contribution in [2.75, 3.05) is 0 Å². The molecule has 94 valence electrons. The molecule has 2 N–H and O–H groups in total. The van der Waals surface area contributed by atoms with Crippen molar-refractivity contribution >= 4 is 63.6 Å². The number of nitrogens with one attached hydrogen (secondary N) is 1. The van der Waals surface area contributed by atoms with Crippen LogP contribution in [0.25, 0.3) is 0 Å². The molecule has 0 aliphatic rings. The molecule has 0 bridgehead atoms. The largest absolute Gasteiger partial charge is 0.506 e. The van der Waals surface area contributed by atoms with Crippen molar-refractivity contribution in [2.24, 2.45) is 5.10 Å². The number of hydrogen-bond donors (Lipinski definition) is 2. The highest BCUT2D eigenvalue weighted by Gasteiger charge is 2.05. The number of aromatic nitrogens is 3. The van der Waals surface area contributed by atoms with E-state index < -0.39 is 0 Å². The molecule has 1 heterocycles. The fourth-order valence-electron chi connectivity index (χ4n) is 1.31. The zero-order valence-electron chi connectivity index (χ0n) is 9.19. The topological polar surface area (TPSA) is 66.2 Å². The van der Waals surface area contributed by atoms with Crippen LogP contribution >= 0.6 is 57.4 Å². The Labute approximate surface area is 136 Å². The van der Waals surface area contributed by atoms with E-state index in [4.69, 9.17) is 12.2 Å². The van der Waals surface area contributed by atoms with E-state index in [1.54, 1.807) is 13.1 Å². The molecular weight excluding hydrogens is 478 g/mol. The molecule has 0 saturated heterocycles.